The molecule has 17 heavy (non-hydrogen) atoms. The highest BCUT2D eigenvalue weighted by Crippen LogP contribution is 2.15. The van der Waals surface area contributed by atoms with Crippen molar-refractivity contribution in [1.82, 2.24) is 9.80 Å². The smallest absolute Gasteiger partial charge is 0.0718 e. The van der Waals surface area contributed by atoms with Gasteiger partial charge in [0.25, 0.3) is 0 Å². The molecule has 1 aliphatic rings. The number of aliphatic hydroxyl groups excluding tert-OH is 1. The Balaban J connectivity index is 2.48. The van der Waals surface area contributed by atoms with Gasteiger partial charge in [0.1, 0.15) is 0 Å². The first-order chi connectivity index (χ1) is 7.81. The number of aliphatic hydroxyl groups is 2. The lowest BCUT2D eigenvalue weighted by Crippen LogP contribution is -2.56. The van der Waals surface area contributed by atoms with Crippen LogP contribution < -0.4 is 0 Å². The molecule has 0 aromatic carbocycles. The molecule has 0 aromatic rings. The van der Waals surface area contributed by atoms with Crippen molar-refractivity contribution in [2.24, 2.45) is 0 Å². The van der Waals surface area contributed by atoms with E-state index >= 15 is 0 Å². The molecule has 1 saturated heterocycles. The molecular weight excluding hydrogens is 216 g/mol. The fourth-order valence-electron chi connectivity index (χ4n) is 2.62. The molecule has 0 saturated carbocycles. The molecule has 2 N–H and O–H groups in total. The summed E-state index contributed by atoms with van der Waals surface area (Å²) in [6.07, 6.45) is 0.833. The van der Waals surface area contributed by atoms with Crippen molar-refractivity contribution in [1.29, 1.82) is 0 Å². The van der Waals surface area contributed by atoms with Crippen LogP contribution in [0.4, 0.5) is 0 Å². The van der Waals surface area contributed by atoms with Crippen molar-refractivity contribution in [2.45, 2.75) is 51.9 Å². The normalized spacial score (nSPS) is 26.1. The van der Waals surface area contributed by atoms with Crippen LogP contribution in [0.15, 0.2) is 0 Å². The van der Waals surface area contributed by atoms with E-state index in [4.69, 9.17) is 0 Å². The molecule has 1 aliphatic heterocycles. The maximum Gasteiger partial charge on any atom is 0.0718 e. The Morgan fingerprint density at radius 1 is 1.35 bits per heavy atom. The van der Waals surface area contributed by atoms with Crippen LogP contribution in [0.5, 0.6) is 0 Å². The van der Waals surface area contributed by atoms with Crippen LogP contribution in [0.2, 0.25) is 0 Å². The Morgan fingerprint density at radius 3 is 2.47 bits per heavy atom. The Kier molecular flexibility index (Phi) is 5.38. The van der Waals surface area contributed by atoms with Gasteiger partial charge in [0.2, 0.25) is 0 Å². The van der Waals surface area contributed by atoms with Gasteiger partial charge in [-0.2, -0.15) is 0 Å². The molecule has 1 fully saturated rings. The Bertz CT molecular complexity index is 226. The number of β-amino-alcohol motifs (C(OH)–C–C–N with tert-alkyl or cyclic N) is 2. The zero-order valence-corrected chi connectivity index (χ0v) is 11.7. The minimum Gasteiger partial charge on any atom is -0.392 e. The molecular formula is C13H28N2O2. The summed E-state index contributed by atoms with van der Waals surface area (Å²) >= 11 is 0. The fourth-order valence-corrected chi connectivity index (χ4v) is 2.62. The van der Waals surface area contributed by atoms with Gasteiger partial charge >= 0.3 is 0 Å². The van der Waals surface area contributed by atoms with E-state index in [0.29, 0.717) is 6.04 Å². The minimum absolute atomic E-state index is 0.259. The van der Waals surface area contributed by atoms with Gasteiger partial charge in [-0.25, -0.2) is 0 Å². The fraction of sp³-hybridized carbons (Fsp3) is 1.00. The van der Waals surface area contributed by atoms with Gasteiger partial charge < -0.3 is 10.2 Å². The molecule has 2 unspecified atom stereocenters. The lowest BCUT2D eigenvalue weighted by atomic mass is 10.1. The van der Waals surface area contributed by atoms with Crippen LogP contribution in [-0.2, 0) is 0 Å². The summed E-state index contributed by atoms with van der Waals surface area (Å²) in [4.78, 5) is 4.69. The van der Waals surface area contributed by atoms with E-state index in [1.807, 2.05) is 20.8 Å². The second-order valence-corrected chi connectivity index (χ2v) is 5.95. The predicted molar refractivity (Wildman–Crippen MR) is 70.1 cm³/mol. The van der Waals surface area contributed by atoms with E-state index in [0.717, 1.165) is 39.1 Å². The third kappa shape index (κ3) is 5.34. The van der Waals surface area contributed by atoms with E-state index in [-0.39, 0.29) is 6.10 Å². The molecule has 2 atom stereocenters. The topological polar surface area (TPSA) is 46.9 Å². The number of piperazine rings is 1. The average molecular weight is 244 g/mol. The van der Waals surface area contributed by atoms with E-state index in [1.54, 1.807) is 0 Å². The predicted octanol–water partition coefficient (Wildman–Crippen LogP) is 0.534. The van der Waals surface area contributed by atoms with Gasteiger partial charge in [0.15, 0.2) is 0 Å². The van der Waals surface area contributed by atoms with Crippen molar-refractivity contribution in [3.63, 3.8) is 0 Å². The van der Waals surface area contributed by atoms with Gasteiger partial charge in [-0.05, 0) is 27.2 Å². The summed E-state index contributed by atoms with van der Waals surface area (Å²) in [6, 6.07) is 0.501. The largest absolute Gasteiger partial charge is 0.392 e. The van der Waals surface area contributed by atoms with E-state index in [1.165, 1.54) is 0 Å². The van der Waals surface area contributed by atoms with Crippen LogP contribution in [0.25, 0.3) is 0 Å². The summed E-state index contributed by atoms with van der Waals surface area (Å²) in [6.45, 7) is 12.2. The number of rotatable bonds is 5. The molecule has 1 rings (SSSR count). The van der Waals surface area contributed by atoms with Crippen LogP contribution in [-0.4, -0.2) is 70.5 Å². The van der Waals surface area contributed by atoms with Crippen molar-refractivity contribution >= 4 is 0 Å². The van der Waals surface area contributed by atoms with Crippen molar-refractivity contribution in [3.8, 4) is 0 Å². The highest BCUT2D eigenvalue weighted by Gasteiger charge is 2.28. The van der Waals surface area contributed by atoms with Crippen molar-refractivity contribution in [2.75, 3.05) is 32.7 Å². The van der Waals surface area contributed by atoms with Crippen LogP contribution in [0, 0.1) is 0 Å². The van der Waals surface area contributed by atoms with Crippen LogP contribution >= 0.6 is 0 Å². The van der Waals surface area contributed by atoms with Crippen LogP contribution in [0.3, 0.4) is 0 Å². The molecule has 102 valence electrons. The summed E-state index contributed by atoms with van der Waals surface area (Å²) in [7, 11) is 0. The van der Waals surface area contributed by atoms with Gasteiger partial charge in [0, 0.05) is 38.8 Å². The third-order valence-corrected chi connectivity index (χ3v) is 3.27. The first kappa shape index (κ1) is 14.9. The number of hydrogen-bond donors (Lipinski definition) is 2. The maximum atomic E-state index is 9.84. The quantitative estimate of drug-likeness (QED) is 0.741. The third-order valence-electron chi connectivity index (χ3n) is 3.27. The Hall–Kier alpha value is -0.160. The Morgan fingerprint density at radius 2 is 2.00 bits per heavy atom. The zero-order chi connectivity index (χ0) is 13.1. The highest BCUT2D eigenvalue weighted by molar-refractivity contribution is 4.84. The summed E-state index contributed by atoms with van der Waals surface area (Å²) in [5.41, 5.74) is -0.620. The second kappa shape index (κ2) is 6.14. The SMILES string of the molecule is CCC1CN(CC(C)(C)O)CCN1CC(C)O. The number of hydrogen-bond acceptors (Lipinski definition) is 4. The molecule has 0 aromatic heterocycles. The second-order valence-electron chi connectivity index (χ2n) is 5.95. The van der Waals surface area contributed by atoms with E-state index in [9.17, 15) is 10.2 Å². The van der Waals surface area contributed by atoms with Crippen LogP contribution in [0.1, 0.15) is 34.1 Å². The van der Waals surface area contributed by atoms with Crippen molar-refractivity contribution in [3.05, 3.63) is 0 Å². The minimum atomic E-state index is -0.620. The van der Waals surface area contributed by atoms with E-state index < -0.39 is 5.60 Å². The first-order valence-corrected chi connectivity index (χ1v) is 6.68. The molecule has 0 radical (unpaired) electrons. The van der Waals surface area contributed by atoms with Crippen molar-refractivity contribution < 1.29 is 10.2 Å². The standard InChI is InChI=1S/C13H28N2O2/c1-5-12-9-14(10-13(3,4)17)6-7-15(12)8-11(2)16/h11-12,16-17H,5-10H2,1-4H3. The molecule has 4 nitrogen and oxygen atoms in total. The zero-order valence-electron chi connectivity index (χ0n) is 11.7. The van der Waals surface area contributed by atoms with Gasteiger partial charge in [-0.3, -0.25) is 9.80 Å². The molecule has 0 aliphatic carbocycles. The van der Waals surface area contributed by atoms with Gasteiger partial charge in [-0.15, -0.1) is 0 Å². The lowest BCUT2D eigenvalue weighted by Gasteiger charge is -2.43. The van der Waals surface area contributed by atoms with Gasteiger partial charge in [0.05, 0.1) is 11.7 Å². The molecule has 0 amide bonds. The Labute approximate surface area is 105 Å². The first-order valence-electron chi connectivity index (χ1n) is 6.68. The number of nitrogens with zero attached hydrogens (tertiary/aromatic N) is 2. The highest BCUT2D eigenvalue weighted by atomic mass is 16.3. The van der Waals surface area contributed by atoms with E-state index in [2.05, 4.69) is 16.7 Å². The summed E-state index contributed by atoms with van der Waals surface area (Å²) < 4.78 is 0. The maximum absolute atomic E-state index is 9.84. The molecule has 4 heteroatoms. The molecule has 1 heterocycles. The molecule has 0 spiro atoms. The monoisotopic (exact) mass is 244 g/mol. The summed E-state index contributed by atoms with van der Waals surface area (Å²) in [5, 5.41) is 19.3. The van der Waals surface area contributed by atoms with Gasteiger partial charge in [-0.1, -0.05) is 6.92 Å². The average Bonchev–Trinajstić information content (AvgIpc) is 2.17. The lowest BCUT2D eigenvalue weighted by molar-refractivity contribution is -0.00992. The molecule has 0 bridgehead atoms. The summed E-state index contributed by atoms with van der Waals surface area (Å²) in [5.74, 6) is 0.